The second kappa shape index (κ2) is 9.17. The lowest BCUT2D eigenvalue weighted by atomic mass is 10.1. The molecule has 2 heterocycles. The SMILES string of the molecule is COc1ccc(N2CCN(c3nc(C(=O)N[C@@H](C)c4ccccc4)cs3)CC2)cc1. The normalized spacial score (nSPS) is 15.0. The first-order valence-corrected chi connectivity index (χ1v) is 11.0. The van der Waals surface area contributed by atoms with Crippen LogP contribution >= 0.6 is 11.3 Å². The first-order chi connectivity index (χ1) is 14.6. The minimum atomic E-state index is -0.134. The Hall–Kier alpha value is -3.06. The Morgan fingerprint density at radius 3 is 2.37 bits per heavy atom. The van der Waals surface area contributed by atoms with E-state index in [-0.39, 0.29) is 11.9 Å². The van der Waals surface area contributed by atoms with Crippen molar-refractivity contribution >= 4 is 28.1 Å². The summed E-state index contributed by atoms with van der Waals surface area (Å²) in [6, 6.07) is 18.1. The molecule has 1 saturated heterocycles. The molecule has 1 N–H and O–H groups in total. The number of carbonyl (C=O) groups is 1. The van der Waals surface area contributed by atoms with Gasteiger partial charge in [0.1, 0.15) is 11.4 Å². The van der Waals surface area contributed by atoms with E-state index in [0.29, 0.717) is 5.69 Å². The van der Waals surface area contributed by atoms with Crippen LogP contribution in [-0.2, 0) is 0 Å². The fraction of sp³-hybridized carbons (Fsp3) is 0.304. The summed E-state index contributed by atoms with van der Waals surface area (Å²) in [5, 5.41) is 5.78. The monoisotopic (exact) mass is 422 g/mol. The molecule has 0 radical (unpaired) electrons. The highest BCUT2D eigenvalue weighted by Gasteiger charge is 2.21. The fourth-order valence-corrected chi connectivity index (χ4v) is 4.42. The predicted molar refractivity (Wildman–Crippen MR) is 122 cm³/mol. The lowest BCUT2D eigenvalue weighted by molar-refractivity contribution is 0.0935. The molecule has 1 atom stereocenters. The zero-order valence-electron chi connectivity index (χ0n) is 17.2. The second-order valence-electron chi connectivity index (χ2n) is 7.29. The van der Waals surface area contributed by atoms with E-state index in [1.54, 1.807) is 7.11 Å². The lowest BCUT2D eigenvalue weighted by Crippen LogP contribution is -2.46. The molecular weight excluding hydrogens is 396 g/mol. The second-order valence-corrected chi connectivity index (χ2v) is 8.13. The molecule has 0 saturated carbocycles. The van der Waals surface area contributed by atoms with Crippen LogP contribution < -0.4 is 19.9 Å². The molecule has 0 unspecified atom stereocenters. The average Bonchev–Trinajstić information content (AvgIpc) is 3.30. The Morgan fingerprint density at radius 1 is 1.03 bits per heavy atom. The zero-order chi connectivity index (χ0) is 20.9. The van der Waals surface area contributed by atoms with Crippen LogP contribution in [0.1, 0.15) is 29.0 Å². The molecule has 0 aliphatic carbocycles. The van der Waals surface area contributed by atoms with Crippen molar-refractivity contribution in [3.63, 3.8) is 0 Å². The molecule has 2 aromatic carbocycles. The summed E-state index contributed by atoms with van der Waals surface area (Å²) in [5.74, 6) is 0.735. The maximum atomic E-state index is 12.6. The Labute approximate surface area is 181 Å². The van der Waals surface area contributed by atoms with Crippen LogP contribution in [0.25, 0.3) is 0 Å². The quantitative estimate of drug-likeness (QED) is 0.651. The van der Waals surface area contributed by atoms with Gasteiger partial charge in [-0.1, -0.05) is 30.3 Å². The summed E-state index contributed by atoms with van der Waals surface area (Å²) >= 11 is 1.53. The molecular formula is C23H26N4O2S. The van der Waals surface area contributed by atoms with E-state index in [0.717, 1.165) is 42.6 Å². The van der Waals surface area contributed by atoms with Crippen LogP contribution in [-0.4, -0.2) is 44.2 Å². The number of benzene rings is 2. The number of piperazine rings is 1. The van der Waals surface area contributed by atoms with Crippen molar-refractivity contribution < 1.29 is 9.53 Å². The molecule has 156 valence electrons. The summed E-state index contributed by atoms with van der Waals surface area (Å²) in [6.07, 6.45) is 0. The number of thiazole rings is 1. The van der Waals surface area contributed by atoms with Crippen molar-refractivity contribution in [2.24, 2.45) is 0 Å². The third-order valence-corrected chi connectivity index (χ3v) is 6.26. The third kappa shape index (κ3) is 4.57. The van der Waals surface area contributed by atoms with Crippen molar-refractivity contribution in [2.75, 3.05) is 43.1 Å². The van der Waals surface area contributed by atoms with Gasteiger partial charge in [0.05, 0.1) is 13.2 Å². The molecule has 0 spiro atoms. The third-order valence-electron chi connectivity index (χ3n) is 5.36. The van der Waals surface area contributed by atoms with E-state index in [4.69, 9.17) is 4.74 Å². The molecule has 7 heteroatoms. The summed E-state index contributed by atoms with van der Waals surface area (Å²) in [4.78, 5) is 21.8. The number of carbonyl (C=O) groups excluding carboxylic acids is 1. The smallest absolute Gasteiger partial charge is 0.271 e. The Bertz CT molecular complexity index is 966. The van der Waals surface area contributed by atoms with Gasteiger partial charge in [0, 0.05) is 37.2 Å². The van der Waals surface area contributed by atoms with Crippen molar-refractivity contribution in [1.29, 1.82) is 0 Å². The number of anilines is 2. The lowest BCUT2D eigenvalue weighted by Gasteiger charge is -2.36. The largest absolute Gasteiger partial charge is 0.497 e. The maximum Gasteiger partial charge on any atom is 0.271 e. The standard InChI is InChI=1S/C23H26N4O2S/c1-17(18-6-4-3-5-7-18)24-22(28)21-16-30-23(25-21)27-14-12-26(13-15-27)19-8-10-20(29-2)11-9-19/h3-11,16-17H,12-15H2,1-2H3,(H,24,28)/t17-/m0/s1. The van der Waals surface area contributed by atoms with Crippen molar-refractivity contribution in [3.05, 3.63) is 71.2 Å². The molecule has 4 rings (SSSR count). The number of ether oxygens (including phenoxy) is 1. The van der Waals surface area contributed by atoms with Crippen molar-refractivity contribution in [2.45, 2.75) is 13.0 Å². The molecule has 1 fully saturated rings. The molecule has 3 aromatic rings. The topological polar surface area (TPSA) is 57.7 Å². The van der Waals surface area contributed by atoms with E-state index < -0.39 is 0 Å². The highest BCUT2D eigenvalue weighted by Crippen LogP contribution is 2.25. The van der Waals surface area contributed by atoms with Crippen LogP contribution in [0.4, 0.5) is 10.8 Å². The minimum Gasteiger partial charge on any atom is -0.497 e. The highest BCUT2D eigenvalue weighted by molar-refractivity contribution is 7.13. The Balaban J connectivity index is 1.33. The minimum absolute atomic E-state index is 0.0584. The van der Waals surface area contributed by atoms with E-state index in [1.165, 1.54) is 17.0 Å². The average molecular weight is 423 g/mol. The van der Waals surface area contributed by atoms with Gasteiger partial charge in [-0.15, -0.1) is 11.3 Å². The first-order valence-electron chi connectivity index (χ1n) is 10.1. The van der Waals surface area contributed by atoms with Gasteiger partial charge >= 0.3 is 0 Å². The number of aromatic nitrogens is 1. The predicted octanol–water partition coefficient (Wildman–Crippen LogP) is 3.97. The number of hydrogen-bond donors (Lipinski definition) is 1. The highest BCUT2D eigenvalue weighted by atomic mass is 32.1. The van der Waals surface area contributed by atoms with E-state index in [1.807, 2.05) is 54.8 Å². The van der Waals surface area contributed by atoms with Crippen LogP contribution in [0.3, 0.4) is 0 Å². The zero-order valence-corrected chi connectivity index (χ0v) is 18.1. The van der Waals surface area contributed by atoms with Gasteiger partial charge in [-0.3, -0.25) is 4.79 Å². The van der Waals surface area contributed by atoms with E-state index in [2.05, 4.69) is 32.2 Å². The van der Waals surface area contributed by atoms with Gasteiger partial charge in [0.15, 0.2) is 5.13 Å². The van der Waals surface area contributed by atoms with Crippen molar-refractivity contribution in [3.8, 4) is 5.75 Å². The number of methoxy groups -OCH3 is 1. The maximum absolute atomic E-state index is 12.6. The number of hydrogen-bond acceptors (Lipinski definition) is 6. The number of rotatable bonds is 6. The van der Waals surface area contributed by atoms with Gasteiger partial charge in [-0.05, 0) is 36.8 Å². The summed E-state index contributed by atoms with van der Waals surface area (Å²) in [6.45, 7) is 5.57. The van der Waals surface area contributed by atoms with Crippen LogP contribution in [0, 0.1) is 0 Å². The van der Waals surface area contributed by atoms with Crippen LogP contribution in [0.2, 0.25) is 0 Å². The summed E-state index contributed by atoms with van der Waals surface area (Å²) in [5.41, 5.74) is 2.76. The van der Waals surface area contributed by atoms with Gasteiger partial charge in [0.25, 0.3) is 5.91 Å². The van der Waals surface area contributed by atoms with Crippen molar-refractivity contribution in [1.82, 2.24) is 10.3 Å². The molecule has 1 aliphatic rings. The Kier molecular flexibility index (Phi) is 6.18. The van der Waals surface area contributed by atoms with Gasteiger partial charge in [0.2, 0.25) is 0 Å². The van der Waals surface area contributed by atoms with E-state index >= 15 is 0 Å². The summed E-state index contributed by atoms with van der Waals surface area (Å²) in [7, 11) is 1.68. The van der Waals surface area contributed by atoms with Gasteiger partial charge in [-0.25, -0.2) is 4.98 Å². The van der Waals surface area contributed by atoms with Gasteiger partial charge in [-0.2, -0.15) is 0 Å². The molecule has 6 nitrogen and oxygen atoms in total. The van der Waals surface area contributed by atoms with Crippen LogP contribution in [0.15, 0.2) is 60.0 Å². The van der Waals surface area contributed by atoms with Gasteiger partial charge < -0.3 is 19.9 Å². The number of nitrogens with zero attached hydrogens (tertiary/aromatic N) is 3. The number of nitrogens with one attached hydrogen (secondary N) is 1. The molecule has 1 aliphatic heterocycles. The molecule has 1 aromatic heterocycles. The number of amides is 1. The first kappa shape index (κ1) is 20.2. The molecule has 30 heavy (non-hydrogen) atoms. The molecule has 1 amide bonds. The fourth-order valence-electron chi connectivity index (χ4n) is 3.56. The Morgan fingerprint density at radius 2 is 1.70 bits per heavy atom. The molecule has 0 bridgehead atoms. The van der Waals surface area contributed by atoms with E-state index in [9.17, 15) is 4.79 Å². The van der Waals surface area contributed by atoms with Crippen LogP contribution in [0.5, 0.6) is 5.75 Å². The summed E-state index contributed by atoms with van der Waals surface area (Å²) < 4.78 is 5.24.